The Labute approximate surface area is 267 Å². The quantitative estimate of drug-likeness (QED) is 0.191. The summed E-state index contributed by atoms with van der Waals surface area (Å²) >= 11 is 13.0. The molecule has 0 saturated heterocycles. The van der Waals surface area contributed by atoms with Crippen molar-refractivity contribution in [1.29, 1.82) is 0 Å². The van der Waals surface area contributed by atoms with E-state index in [4.69, 9.17) is 23.2 Å². The monoisotopic (exact) mass is 655 g/mol. The molecule has 44 heavy (non-hydrogen) atoms. The minimum Gasteiger partial charge on any atom is -0.355 e. The third-order valence-electron chi connectivity index (χ3n) is 7.01. The molecule has 0 bridgehead atoms. The van der Waals surface area contributed by atoms with Crippen molar-refractivity contribution in [2.45, 2.75) is 37.8 Å². The number of nitrogens with zero attached hydrogens (tertiary/aromatic N) is 2. The molecule has 0 aliphatic carbocycles. The molecule has 0 fully saturated rings. The van der Waals surface area contributed by atoms with Crippen molar-refractivity contribution in [3.05, 3.63) is 130 Å². The number of halogens is 3. The van der Waals surface area contributed by atoms with Crippen LogP contribution in [0.4, 0.5) is 10.1 Å². The Morgan fingerprint density at radius 1 is 0.864 bits per heavy atom. The van der Waals surface area contributed by atoms with Crippen LogP contribution < -0.4 is 9.62 Å². The van der Waals surface area contributed by atoms with Gasteiger partial charge in [0.1, 0.15) is 18.4 Å². The molecule has 11 heteroatoms. The minimum atomic E-state index is -4.31. The van der Waals surface area contributed by atoms with Crippen LogP contribution in [-0.2, 0) is 32.6 Å². The molecule has 1 N–H and O–H groups in total. The highest BCUT2D eigenvalue weighted by molar-refractivity contribution is 7.92. The predicted molar refractivity (Wildman–Crippen MR) is 172 cm³/mol. The second-order valence-corrected chi connectivity index (χ2v) is 12.8. The highest BCUT2D eigenvalue weighted by Gasteiger charge is 2.35. The Morgan fingerprint density at radius 2 is 1.48 bits per heavy atom. The van der Waals surface area contributed by atoms with Gasteiger partial charge in [-0.2, -0.15) is 0 Å². The lowest BCUT2D eigenvalue weighted by Crippen LogP contribution is -2.53. The molecule has 0 aromatic heterocycles. The number of likely N-dealkylation sites (N-methyl/N-ethyl adjacent to an activating group) is 1. The number of hydrogen-bond acceptors (Lipinski definition) is 4. The maximum Gasteiger partial charge on any atom is 0.264 e. The van der Waals surface area contributed by atoms with Crippen LogP contribution in [0.1, 0.15) is 23.6 Å². The van der Waals surface area contributed by atoms with Crippen molar-refractivity contribution in [3.63, 3.8) is 0 Å². The second kappa shape index (κ2) is 14.7. The summed E-state index contributed by atoms with van der Waals surface area (Å²) in [7, 11) is -4.31. The molecule has 0 saturated carbocycles. The highest BCUT2D eigenvalue weighted by atomic mass is 35.5. The number of sulfonamides is 1. The average Bonchev–Trinajstić information content (AvgIpc) is 3.00. The van der Waals surface area contributed by atoms with Gasteiger partial charge in [-0.15, -0.1) is 0 Å². The number of hydrogen-bond donors (Lipinski definition) is 1. The number of aryl methyl sites for hydroxylation is 1. The number of anilines is 1. The first-order valence-corrected chi connectivity index (χ1v) is 16.1. The van der Waals surface area contributed by atoms with Crippen LogP contribution in [0.15, 0.2) is 102 Å². The summed E-state index contributed by atoms with van der Waals surface area (Å²) in [5.74, 6) is -1.68. The summed E-state index contributed by atoms with van der Waals surface area (Å²) in [4.78, 5) is 29.2. The van der Waals surface area contributed by atoms with Crippen molar-refractivity contribution in [2.24, 2.45) is 0 Å². The van der Waals surface area contributed by atoms with Gasteiger partial charge >= 0.3 is 0 Å². The third kappa shape index (κ3) is 7.96. The number of carbonyl (C=O) groups excluding carboxylic acids is 2. The Balaban J connectivity index is 1.82. The van der Waals surface area contributed by atoms with Gasteiger partial charge in [0.05, 0.1) is 10.6 Å². The van der Waals surface area contributed by atoms with E-state index in [-0.39, 0.29) is 33.6 Å². The Bertz CT molecular complexity index is 1680. The van der Waals surface area contributed by atoms with Crippen LogP contribution in [0, 0.1) is 12.7 Å². The van der Waals surface area contributed by atoms with Gasteiger partial charge in [-0.1, -0.05) is 77.3 Å². The number of nitrogens with one attached hydrogen (secondary N) is 1. The van der Waals surface area contributed by atoms with Gasteiger partial charge in [0.2, 0.25) is 11.8 Å². The highest BCUT2D eigenvalue weighted by Crippen LogP contribution is 2.29. The van der Waals surface area contributed by atoms with E-state index in [0.717, 1.165) is 27.6 Å². The molecule has 4 aromatic rings. The molecule has 0 heterocycles. The van der Waals surface area contributed by atoms with E-state index in [2.05, 4.69) is 5.32 Å². The fraction of sp³-hybridized carbons (Fsp3) is 0.212. The molecule has 2 amide bonds. The minimum absolute atomic E-state index is 0.0505. The lowest BCUT2D eigenvalue weighted by atomic mass is 10.0. The first-order valence-electron chi connectivity index (χ1n) is 13.9. The number of amides is 2. The molecule has 0 aliphatic rings. The van der Waals surface area contributed by atoms with Crippen LogP contribution in [0.3, 0.4) is 0 Å². The topological polar surface area (TPSA) is 86.8 Å². The fourth-order valence-electron chi connectivity index (χ4n) is 4.67. The van der Waals surface area contributed by atoms with E-state index in [0.29, 0.717) is 12.1 Å². The van der Waals surface area contributed by atoms with E-state index in [1.807, 2.05) is 37.3 Å². The van der Waals surface area contributed by atoms with Gasteiger partial charge in [0, 0.05) is 35.1 Å². The Morgan fingerprint density at radius 3 is 2.07 bits per heavy atom. The largest absolute Gasteiger partial charge is 0.355 e. The summed E-state index contributed by atoms with van der Waals surface area (Å²) in [5.41, 5.74) is 2.12. The SMILES string of the molecule is CCNC(=O)C(Cc1ccccc1)N(Cc1c(Cl)cccc1Cl)C(=O)CN(c1ccc(F)cc1)S(=O)(=O)c1ccc(C)cc1. The zero-order chi connectivity index (χ0) is 31.9. The molecule has 1 unspecified atom stereocenters. The number of benzene rings is 4. The van der Waals surface area contributed by atoms with Gasteiger partial charge in [0.15, 0.2) is 0 Å². The van der Waals surface area contributed by atoms with Crippen LogP contribution in [0.2, 0.25) is 10.0 Å². The van der Waals surface area contributed by atoms with Crippen LogP contribution in [0.25, 0.3) is 0 Å². The lowest BCUT2D eigenvalue weighted by Gasteiger charge is -2.34. The smallest absolute Gasteiger partial charge is 0.264 e. The maximum absolute atomic E-state index is 14.4. The van der Waals surface area contributed by atoms with Crippen molar-refractivity contribution >= 4 is 50.7 Å². The van der Waals surface area contributed by atoms with E-state index >= 15 is 0 Å². The zero-order valence-corrected chi connectivity index (χ0v) is 26.5. The molecule has 230 valence electrons. The van der Waals surface area contributed by atoms with Crippen LogP contribution >= 0.6 is 23.2 Å². The average molecular weight is 657 g/mol. The summed E-state index contributed by atoms with van der Waals surface area (Å²) in [6, 6.07) is 24.0. The van der Waals surface area contributed by atoms with Crippen molar-refractivity contribution in [3.8, 4) is 0 Å². The molecule has 0 spiro atoms. The molecular weight excluding hydrogens is 624 g/mol. The lowest BCUT2D eigenvalue weighted by molar-refractivity contribution is -0.140. The molecule has 1 atom stereocenters. The van der Waals surface area contributed by atoms with Crippen molar-refractivity contribution in [2.75, 3.05) is 17.4 Å². The number of carbonyl (C=O) groups is 2. The van der Waals surface area contributed by atoms with Crippen LogP contribution in [-0.4, -0.2) is 44.3 Å². The maximum atomic E-state index is 14.4. The fourth-order valence-corrected chi connectivity index (χ4v) is 6.60. The standard InChI is InChI=1S/C33H32Cl2FN3O4S/c1-3-37-33(41)31(20-24-8-5-4-6-9-24)38(21-28-29(34)10-7-11-30(28)35)32(40)22-39(26-16-14-25(36)15-17-26)44(42,43)27-18-12-23(2)13-19-27/h4-19,31H,3,20-22H2,1-2H3,(H,37,41). The third-order valence-corrected chi connectivity index (χ3v) is 9.51. The molecule has 0 radical (unpaired) electrons. The molecule has 7 nitrogen and oxygen atoms in total. The van der Waals surface area contributed by atoms with Crippen molar-refractivity contribution < 1.29 is 22.4 Å². The Hall–Kier alpha value is -3.92. The van der Waals surface area contributed by atoms with Gasteiger partial charge < -0.3 is 10.2 Å². The van der Waals surface area contributed by atoms with Crippen molar-refractivity contribution in [1.82, 2.24) is 10.2 Å². The van der Waals surface area contributed by atoms with Gasteiger partial charge in [-0.3, -0.25) is 13.9 Å². The van der Waals surface area contributed by atoms with Gasteiger partial charge in [-0.05, 0) is 67.9 Å². The van der Waals surface area contributed by atoms with Gasteiger partial charge in [-0.25, -0.2) is 12.8 Å². The number of rotatable bonds is 12. The van der Waals surface area contributed by atoms with E-state index < -0.39 is 40.2 Å². The predicted octanol–water partition coefficient (Wildman–Crippen LogP) is 6.41. The molecular formula is C33H32Cl2FN3O4S. The normalized spacial score (nSPS) is 11.9. The Kier molecular flexibility index (Phi) is 11.0. The second-order valence-electron chi connectivity index (χ2n) is 10.1. The van der Waals surface area contributed by atoms with E-state index in [9.17, 15) is 22.4 Å². The first kappa shape index (κ1) is 33.0. The first-order chi connectivity index (χ1) is 21.0. The summed E-state index contributed by atoms with van der Waals surface area (Å²) < 4.78 is 42.8. The summed E-state index contributed by atoms with van der Waals surface area (Å²) in [5, 5.41) is 3.37. The zero-order valence-electron chi connectivity index (χ0n) is 24.2. The summed E-state index contributed by atoms with van der Waals surface area (Å²) in [6.07, 6.45) is 0.141. The van der Waals surface area contributed by atoms with E-state index in [1.54, 1.807) is 37.3 Å². The molecule has 0 aliphatic heterocycles. The van der Waals surface area contributed by atoms with E-state index in [1.165, 1.54) is 29.2 Å². The summed E-state index contributed by atoms with van der Waals surface area (Å²) in [6.45, 7) is 3.04. The molecule has 4 rings (SSSR count). The van der Waals surface area contributed by atoms with Gasteiger partial charge in [0.25, 0.3) is 10.0 Å². The molecule has 4 aromatic carbocycles. The van der Waals surface area contributed by atoms with Crippen LogP contribution in [0.5, 0.6) is 0 Å².